The molecule has 1 aromatic carbocycles. The van der Waals surface area contributed by atoms with Crippen molar-refractivity contribution in [3.63, 3.8) is 0 Å². The van der Waals surface area contributed by atoms with Gasteiger partial charge in [0.25, 0.3) is 5.91 Å². The Bertz CT molecular complexity index is 889. The van der Waals surface area contributed by atoms with E-state index in [0.717, 1.165) is 28.4 Å². The molecular weight excluding hydrogens is 330 g/mol. The minimum absolute atomic E-state index is 0.0538. The van der Waals surface area contributed by atoms with Crippen molar-refractivity contribution >= 4 is 5.91 Å². The van der Waals surface area contributed by atoms with E-state index in [0.29, 0.717) is 12.1 Å². The van der Waals surface area contributed by atoms with Crippen LogP contribution in [0.15, 0.2) is 35.1 Å². The van der Waals surface area contributed by atoms with E-state index in [2.05, 4.69) is 29.1 Å². The third-order valence-electron chi connectivity index (χ3n) is 4.38. The minimum atomic E-state index is -0.0538. The standard InChI is InChI=1S/C19H23N5O2/c1-12(2)24-18(20-11-21-24)15-6-8-16(9-7-15)19(25)23(5)10-17-13(3)22-26-14(17)4/h6-9,11-12H,10H2,1-5H3. The van der Waals surface area contributed by atoms with Crippen molar-refractivity contribution in [1.29, 1.82) is 0 Å². The third kappa shape index (κ3) is 3.37. The second-order valence-electron chi connectivity index (χ2n) is 6.66. The highest BCUT2D eigenvalue weighted by atomic mass is 16.5. The molecule has 2 aromatic heterocycles. The highest BCUT2D eigenvalue weighted by Crippen LogP contribution is 2.21. The Morgan fingerprint density at radius 1 is 1.23 bits per heavy atom. The monoisotopic (exact) mass is 353 g/mol. The number of hydrogen-bond acceptors (Lipinski definition) is 5. The molecule has 136 valence electrons. The van der Waals surface area contributed by atoms with E-state index in [9.17, 15) is 4.79 Å². The smallest absolute Gasteiger partial charge is 0.253 e. The molecule has 3 rings (SSSR count). The molecule has 0 N–H and O–H groups in total. The fourth-order valence-electron chi connectivity index (χ4n) is 2.85. The van der Waals surface area contributed by atoms with Crippen LogP contribution in [0, 0.1) is 13.8 Å². The molecule has 7 nitrogen and oxygen atoms in total. The number of carbonyl (C=O) groups excluding carboxylic acids is 1. The summed E-state index contributed by atoms with van der Waals surface area (Å²) in [5, 5.41) is 8.19. The van der Waals surface area contributed by atoms with Gasteiger partial charge in [0.15, 0.2) is 5.82 Å². The van der Waals surface area contributed by atoms with Crippen molar-refractivity contribution in [1.82, 2.24) is 24.8 Å². The fourth-order valence-corrected chi connectivity index (χ4v) is 2.85. The van der Waals surface area contributed by atoms with E-state index in [1.807, 2.05) is 42.8 Å². The van der Waals surface area contributed by atoms with E-state index < -0.39 is 0 Å². The normalized spacial score (nSPS) is 11.2. The highest BCUT2D eigenvalue weighted by molar-refractivity contribution is 5.94. The van der Waals surface area contributed by atoms with E-state index in [4.69, 9.17) is 4.52 Å². The molecule has 0 aliphatic heterocycles. The maximum Gasteiger partial charge on any atom is 0.253 e. The molecular formula is C19H23N5O2. The van der Waals surface area contributed by atoms with Gasteiger partial charge in [0.05, 0.1) is 12.2 Å². The number of rotatable bonds is 5. The Hall–Kier alpha value is -2.96. The van der Waals surface area contributed by atoms with Crippen LogP contribution < -0.4 is 0 Å². The van der Waals surface area contributed by atoms with Gasteiger partial charge in [0.1, 0.15) is 12.1 Å². The summed E-state index contributed by atoms with van der Waals surface area (Å²) in [6, 6.07) is 7.66. The number of aromatic nitrogens is 4. The summed E-state index contributed by atoms with van der Waals surface area (Å²) in [5.41, 5.74) is 3.31. The highest BCUT2D eigenvalue weighted by Gasteiger charge is 2.17. The van der Waals surface area contributed by atoms with Crippen LogP contribution in [0.5, 0.6) is 0 Å². The van der Waals surface area contributed by atoms with Gasteiger partial charge in [0, 0.05) is 29.8 Å². The van der Waals surface area contributed by atoms with Gasteiger partial charge in [-0.05, 0) is 39.8 Å². The number of aryl methyl sites for hydroxylation is 2. The van der Waals surface area contributed by atoms with Crippen LogP contribution in [-0.4, -0.2) is 37.8 Å². The van der Waals surface area contributed by atoms with Crippen LogP contribution in [0.2, 0.25) is 0 Å². The Morgan fingerprint density at radius 2 is 1.92 bits per heavy atom. The number of amides is 1. The van der Waals surface area contributed by atoms with Gasteiger partial charge in [-0.3, -0.25) is 4.79 Å². The topological polar surface area (TPSA) is 77.1 Å². The average molecular weight is 353 g/mol. The molecule has 0 saturated heterocycles. The fraction of sp³-hybridized carbons (Fsp3) is 0.368. The predicted molar refractivity (Wildman–Crippen MR) is 97.6 cm³/mol. The Balaban J connectivity index is 1.77. The van der Waals surface area contributed by atoms with Crippen molar-refractivity contribution in [2.24, 2.45) is 0 Å². The zero-order valence-electron chi connectivity index (χ0n) is 15.7. The lowest BCUT2D eigenvalue weighted by Crippen LogP contribution is -2.26. The van der Waals surface area contributed by atoms with Gasteiger partial charge in [-0.15, -0.1) is 0 Å². The SMILES string of the molecule is Cc1noc(C)c1CN(C)C(=O)c1ccc(-c2ncnn2C(C)C)cc1. The number of benzene rings is 1. The number of nitrogens with zero attached hydrogens (tertiary/aromatic N) is 5. The first-order chi connectivity index (χ1) is 12.4. The number of hydrogen-bond donors (Lipinski definition) is 0. The van der Waals surface area contributed by atoms with Gasteiger partial charge in [-0.1, -0.05) is 17.3 Å². The van der Waals surface area contributed by atoms with Crippen molar-refractivity contribution < 1.29 is 9.32 Å². The van der Waals surface area contributed by atoms with Crippen LogP contribution in [0.1, 0.15) is 47.3 Å². The maximum absolute atomic E-state index is 12.7. The quantitative estimate of drug-likeness (QED) is 0.702. The summed E-state index contributed by atoms with van der Waals surface area (Å²) in [4.78, 5) is 18.7. The lowest BCUT2D eigenvalue weighted by Gasteiger charge is -2.17. The largest absolute Gasteiger partial charge is 0.361 e. The van der Waals surface area contributed by atoms with Gasteiger partial charge >= 0.3 is 0 Å². The van der Waals surface area contributed by atoms with E-state index in [1.165, 1.54) is 0 Å². The predicted octanol–water partition coefficient (Wildman–Crippen LogP) is 3.40. The zero-order valence-corrected chi connectivity index (χ0v) is 15.7. The first kappa shape index (κ1) is 17.8. The van der Waals surface area contributed by atoms with Crippen molar-refractivity contribution in [2.75, 3.05) is 7.05 Å². The summed E-state index contributed by atoms with van der Waals surface area (Å²) in [5.74, 6) is 1.48. The van der Waals surface area contributed by atoms with Crippen LogP contribution >= 0.6 is 0 Å². The molecule has 2 heterocycles. The first-order valence-electron chi connectivity index (χ1n) is 8.55. The summed E-state index contributed by atoms with van der Waals surface area (Å²) in [6.07, 6.45) is 1.55. The molecule has 0 atom stereocenters. The van der Waals surface area contributed by atoms with Crippen LogP contribution in [-0.2, 0) is 6.54 Å². The summed E-state index contributed by atoms with van der Waals surface area (Å²) >= 11 is 0. The molecule has 0 saturated carbocycles. The summed E-state index contributed by atoms with van der Waals surface area (Å²) < 4.78 is 7.03. The first-order valence-corrected chi connectivity index (χ1v) is 8.55. The van der Waals surface area contributed by atoms with E-state index >= 15 is 0 Å². The number of carbonyl (C=O) groups is 1. The molecule has 0 radical (unpaired) electrons. The van der Waals surface area contributed by atoms with Gasteiger partial charge < -0.3 is 9.42 Å². The molecule has 26 heavy (non-hydrogen) atoms. The van der Waals surface area contributed by atoms with E-state index in [1.54, 1.807) is 18.3 Å². The lowest BCUT2D eigenvalue weighted by molar-refractivity contribution is 0.0784. The third-order valence-corrected chi connectivity index (χ3v) is 4.38. The molecule has 0 aliphatic carbocycles. The molecule has 0 fully saturated rings. The van der Waals surface area contributed by atoms with E-state index in [-0.39, 0.29) is 11.9 Å². The second-order valence-corrected chi connectivity index (χ2v) is 6.66. The van der Waals surface area contributed by atoms with Crippen molar-refractivity contribution in [2.45, 2.75) is 40.3 Å². The minimum Gasteiger partial charge on any atom is -0.361 e. The second kappa shape index (κ2) is 7.11. The molecule has 3 aromatic rings. The molecule has 0 spiro atoms. The van der Waals surface area contributed by atoms with Gasteiger partial charge in [-0.25, -0.2) is 9.67 Å². The Kier molecular flexibility index (Phi) is 4.88. The van der Waals surface area contributed by atoms with Gasteiger partial charge in [-0.2, -0.15) is 5.10 Å². The summed E-state index contributed by atoms with van der Waals surface area (Å²) in [6.45, 7) is 8.31. The molecule has 1 amide bonds. The molecule has 0 aliphatic rings. The van der Waals surface area contributed by atoms with Crippen LogP contribution in [0.3, 0.4) is 0 Å². The van der Waals surface area contributed by atoms with Crippen LogP contribution in [0.4, 0.5) is 0 Å². The Labute approximate surface area is 152 Å². The van der Waals surface area contributed by atoms with Crippen LogP contribution in [0.25, 0.3) is 11.4 Å². The summed E-state index contributed by atoms with van der Waals surface area (Å²) in [7, 11) is 1.78. The zero-order chi connectivity index (χ0) is 18.8. The van der Waals surface area contributed by atoms with Crippen molar-refractivity contribution in [3.8, 4) is 11.4 Å². The van der Waals surface area contributed by atoms with Crippen molar-refractivity contribution in [3.05, 3.63) is 53.2 Å². The lowest BCUT2D eigenvalue weighted by atomic mass is 10.1. The molecule has 7 heteroatoms. The maximum atomic E-state index is 12.7. The molecule has 0 unspecified atom stereocenters. The van der Waals surface area contributed by atoms with Gasteiger partial charge in [0.2, 0.25) is 0 Å². The Morgan fingerprint density at radius 3 is 2.50 bits per heavy atom. The average Bonchev–Trinajstić information content (AvgIpc) is 3.23. The molecule has 0 bridgehead atoms.